The van der Waals surface area contributed by atoms with Gasteiger partial charge in [0, 0.05) is 13.1 Å². The number of aliphatic hydroxyl groups excluding tert-OH is 1. The Bertz CT molecular complexity index is 353. The fraction of sp³-hybridized carbons (Fsp3) is 0.417. The van der Waals surface area contributed by atoms with E-state index in [1.165, 1.54) is 4.90 Å². The number of β-amino-alcohol motifs (C(OH)–C–C–N with tert-alkyl or cyclic N) is 1. The Labute approximate surface area is 94.4 Å². The second-order valence-corrected chi connectivity index (χ2v) is 3.93. The van der Waals surface area contributed by atoms with Gasteiger partial charge in [0.15, 0.2) is 0 Å². The molecule has 4 heteroatoms. The summed E-state index contributed by atoms with van der Waals surface area (Å²) >= 11 is 0. The number of nitrogens with zero attached hydrogens (tertiary/aromatic N) is 1. The maximum absolute atomic E-state index is 11.6. The van der Waals surface area contributed by atoms with Crippen molar-refractivity contribution in [2.45, 2.75) is 19.1 Å². The Balaban J connectivity index is 1.80. The summed E-state index contributed by atoms with van der Waals surface area (Å²) in [5, 5.41) is 9.28. The van der Waals surface area contributed by atoms with Crippen LogP contribution in [0.15, 0.2) is 30.3 Å². The number of carbonyl (C=O) groups excluding carboxylic acids is 1. The van der Waals surface area contributed by atoms with E-state index >= 15 is 0 Å². The molecule has 0 bridgehead atoms. The molecule has 0 unspecified atom stereocenters. The van der Waals surface area contributed by atoms with Crippen molar-refractivity contribution in [1.29, 1.82) is 0 Å². The summed E-state index contributed by atoms with van der Waals surface area (Å²) in [6.07, 6.45) is -0.106. The molecule has 86 valence electrons. The van der Waals surface area contributed by atoms with E-state index in [9.17, 15) is 9.90 Å². The minimum absolute atomic E-state index is 0.284. The highest BCUT2D eigenvalue weighted by atomic mass is 16.6. The molecule has 0 aliphatic carbocycles. The van der Waals surface area contributed by atoms with E-state index in [1.54, 1.807) is 0 Å². The van der Waals surface area contributed by atoms with Crippen LogP contribution in [0.25, 0.3) is 0 Å². The minimum atomic E-state index is -0.399. The fourth-order valence-corrected chi connectivity index (χ4v) is 1.72. The molecule has 1 atom stereocenters. The number of rotatable bonds is 2. The van der Waals surface area contributed by atoms with Gasteiger partial charge in [-0.05, 0) is 12.0 Å². The molecular formula is C12H15NO3. The monoisotopic (exact) mass is 221 g/mol. The molecule has 0 saturated carbocycles. The molecule has 1 aromatic carbocycles. The molecule has 1 N–H and O–H groups in total. The molecule has 1 aliphatic heterocycles. The Kier molecular flexibility index (Phi) is 3.41. The van der Waals surface area contributed by atoms with Crippen LogP contribution in [0.1, 0.15) is 12.0 Å². The maximum atomic E-state index is 11.6. The highest BCUT2D eigenvalue weighted by Gasteiger charge is 2.25. The Hall–Kier alpha value is -1.55. The van der Waals surface area contributed by atoms with Gasteiger partial charge in [0.2, 0.25) is 0 Å². The summed E-state index contributed by atoms with van der Waals surface area (Å²) in [4.78, 5) is 13.1. The molecule has 1 heterocycles. The normalized spacial score (nSPS) is 19.8. The highest BCUT2D eigenvalue weighted by molar-refractivity contribution is 5.68. The van der Waals surface area contributed by atoms with Crippen LogP contribution >= 0.6 is 0 Å². The van der Waals surface area contributed by atoms with Crippen LogP contribution in [0.2, 0.25) is 0 Å². The lowest BCUT2D eigenvalue weighted by molar-refractivity contribution is 0.0971. The zero-order valence-electron chi connectivity index (χ0n) is 9.00. The second-order valence-electron chi connectivity index (χ2n) is 3.93. The smallest absolute Gasteiger partial charge is 0.410 e. The van der Waals surface area contributed by atoms with Gasteiger partial charge in [-0.2, -0.15) is 0 Å². The maximum Gasteiger partial charge on any atom is 0.410 e. The van der Waals surface area contributed by atoms with Gasteiger partial charge in [-0.1, -0.05) is 30.3 Å². The van der Waals surface area contributed by atoms with Crippen molar-refractivity contribution in [1.82, 2.24) is 4.90 Å². The van der Waals surface area contributed by atoms with Gasteiger partial charge in [-0.15, -0.1) is 0 Å². The summed E-state index contributed by atoms with van der Waals surface area (Å²) in [5.41, 5.74) is 0.968. The molecule has 1 aromatic rings. The average Bonchev–Trinajstić information content (AvgIpc) is 2.74. The van der Waals surface area contributed by atoms with Crippen LogP contribution in [0.3, 0.4) is 0 Å². The van der Waals surface area contributed by atoms with Crippen LogP contribution in [-0.2, 0) is 11.3 Å². The van der Waals surface area contributed by atoms with Crippen LogP contribution in [0.5, 0.6) is 0 Å². The van der Waals surface area contributed by atoms with E-state index in [0.717, 1.165) is 5.56 Å². The minimum Gasteiger partial charge on any atom is -0.445 e. The van der Waals surface area contributed by atoms with Gasteiger partial charge in [0.1, 0.15) is 6.61 Å². The van der Waals surface area contributed by atoms with E-state index in [1.807, 2.05) is 30.3 Å². The number of amides is 1. The van der Waals surface area contributed by atoms with Crippen molar-refractivity contribution in [2.75, 3.05) is 13.1 Å². The summed E-state index contributed by atoms with van der Waals surface area (Å²) in [6.45, 7) is 1.24. The molecule has 1 aliphatic rings. The second kappa shape index (κ2) is 4.99. The van der Waals surface area contributed by atoms with Crippen molar-refractivity contribution in [3.05, 3.63) is 35.9 Å². The number of hydrogen-bond acceptors (Lipinski definition) is 3. The summed E-state index contributed by atoms with van der Waals surface area (Å²) in [6, 6.07) is 9.55. The molecule has 16 heavy (non-hydrogen) atoms. The first-order valence-corrected chi connectivity index (χ1v) is 5.39. The molecular weight excluding hydrogens is 206 g/mol. The first kappa shape index (κ1) is 11.0. The molecule has 4 nitrogen and oxygen atoms in total. The first-order chi connectivity index (χ1) is 7.75. The third kappa shape index (κ3) is 2.73. The van der Waals surface area contributed by atoms with Gasteiger partial charge < -0.3 is 14.7 Å². The van der Waals surface area contributed by atoms with Crippen LogP contribution in [0.4, 0.5) is 4.79 Å². The lowest BCUT2D eigenvalue weighted by Crippen LogP contribution is -2.30. The van der Waals surface area contributed by atoms with Crippen LogP contribution in [0, 0.1) is 0 Å². The third-order valence-corrected chi connectivity index (χ3v) is 2.63. The predicted octanol–water partition coefficient (Wildman–Crippen LogP) is 1.39. The molecule has 1 saturated heterocycles. The van der Waals surface area contributed by atoms with Gasteiger partial charge in [-0.25, -0.2) is 4.79 Å². The van der Waals surface area contributed by atoms with Crippen LogP contribution in [-0.4, -0.2) is 35.3 Å². The molecule has 1 amide bonds. The largest absolute Gasteiger partial charge is 0.445 e. The van der Waals surface area contributed by atoms with E-state index in [2.05, 4.69) is 0 Å². The van der Waals surface area contributed by atoms with Crippen molar-refractivity contribution in [2.24, 2.45) is 0 Å². The number of carbonyl (C=O) groups is 1. The van der Waals surface area contributed by atoms with E-state index in [-0.39, 0.29) is 12.7 Å². The summed E-state index contributed by atoms with van der Waals surface area (Å²) in [7, 11) is 0. The summed E-state index contributed by atoms with van der Waals surface area (Å²) in [5.74, 6) is 0. The zero-order valence-corrected chi connectivity index (χ0v) is 9.00. The van der Waals surface area contributed by atoms with Crippen LogP contribution < -0.4 is 0 Å². The SMILES string of the molecule is O=C(OCc1ccccc1)N1CC[C@@H](O)C1. The van der Waals surface area contributed by atoms with Crippen molar-refractivity contribution >= 4 is 6.09 Å². The number of ether oxygens (including phenoxy) is 1. The zero-order chi connectivity index (χ0) is 11.4. The Morgan fingerprint density at radius 3 is 2.81 bits per heavy atom. The van der Waals surface area contributed by atoms with Gasteiger partial charge in [-0.3, -0.25) is 0 Å². The Morgan fingerprint density at radius 2 is 2.19 bits per heavy atom. The molecule has 0 radical (unpaired) electrons. The lowest BCUT2D eigenvalue weighted by atomic mass is 10.2. The topological polar surface area (TPSA) is 49.8 Å². The van der Waals surface area contributed by atoms with Crippen molar-refractivity contribution in [3.63, 3.8) is 0 Å². The molecule has 2 rings (SSSR count). The van der Waals surface area contributed by atoms with Gasteiger partial charge in [0.25, 0.3) is 0 Å². The predicted molar refractivity (Wildman–Crippen MR) is 58.8 cm³/mol. The number of aliphatic hydroxyl groups is 1. The van der Waals surface area contributed by atoms with Gasteiger partial charge >= 0.3 is 6.09 Å². The average molecular weight is 221 g/mol. The van der Waals surface area contributed by atoms with E-state index in [0.29, 0.717) is 19.5 Å². The van der Waals surface area contributed by atoms with Crippen molar-refractivity contribution in [3.8, 4) is 0 Å². The number of benzene rings is 1. The number of likely N-dealkylation sites (tertiary alicyclic amines) is 1. The van der Waals surface area contributed by atoms with Gasteiger partial charge in [0.05, 0.1) is 6.10 Å². The third-order valence-electron chi connectivity index (χ3n) is 2.63. The summed E-state index contributed by atoms with van der Waals surface area (Å²) < 4.78 is 5.14. The number of hydrogen-bond donors (Lipinski definition) is 1. The van der Waals surface area contributed by atoms with E-state index in [4.69, 9.17) is 4.74 Å². The van der Waals surface area contributed by atoms with E-state index < -0.39 is 6.10 Å². The standard InChI is InChI=1S/C12H15NO3/c14-11-6-7-13(8-11)12(15)16-9-10-4-2-1-3-5-10/h1-5,11,14H,6-9H2/t11-/m1/s1. The highest BCUT2D eigenvalue weighted by Crippen LogP contribution is 2.11. The quantitative estimate of drug-likeness (QED) is 0.821. The molecule has 0 aromatic heterocycles. The first-order valence-electron chi connectivity index (χ1n) is 5.39. The fourth-order valence-electron chi connectivity index (χ4n) is 1.72. The lowest BCUT2D eigenvalue weighted by Gasteiger charge is -2.15. The molecule has 1 fully saturated rings. The van der Waals surface area contributed by atoms with Crippen molar-refractivity contribution < 1.29 is 14.6 Å². The Morgan fingerprint density at radius 1 is 1.44 bits per heavy atom. The molecule has 0 spiro atoms.